The van der Waals surface area contributed by atoms with Crippen LogP contribution in [0.3, 0.4) is 0 Å². The van der Waals surface area contributed by atoms with Gasteiger partial charge in [-0.1, -0.05) is 54.1 Å². The summed E-state index contributed by atoms with van der Waals surface area (Å²) in [6, 6.07) is 12.0. The molecule has 0 fully saturated rings. The van der Waals surface area contributed by atoms with Gasteiger partial charge in [-0.2, -0.15) is 13.2 Å². The van der Waals surface area contributed by atoms with Crippen molar-refractivity contribution in [3.05, 3.63) is 59.7 Å². The Morgan fingerprint density at radius 2 is 1.26 bits per heavy atom. The second-order valence-corrected chi connectivity index (χ2v) is 4.51. The van der Waals surface area contributed by atoms with Crippen LogP contribution < -0.4 is 5.73 Å². The van der Waals surface area contributed by atoms with E-state index in [1.807, 2.05) is 31.2 Å². The van der Waals surface area contributed by atoms with Crippen molar-refractivity contribution in [3.63, 3.8) is 0 Å². The monoisotopic (exact) mass is 265 g/mol. The van der Waals surface area contributed by atoms with E-state index < -0.39 is 12.2 Å². The van der Waals surface area contributed by atoms with Gasteiger partial charge >= 0.3 is 6.18 Å². The first kappa shape index (κ1) is 13.6. The fourth-order valence-electron chi connectivity index (χ4n) is 1.82. The molecule has 2 rings (SSSR count). The van der Waals surface area contributed by atoms with E-state index in [-0.39, 0.29) is 5.56 Å². The van der Waals surface area contributed by atoms with Crippen LogP contribution in [0.25, 0.3) is 11.1 Å². The predicted molar refractivity (Wildman–Crippen MR) is 69.6 cm³/mol. The van der Waals surface area contributed by atoms with E-state index in [2.05, 4.69) is 0 Å². The minimum absolute atomic E-state index is 0.0726. The van der Waals surface area contributed by atoms with Crippen molar-refractivity contribution in [2.24, 2.45) is 5.73 Å². The van der Waals surface area contributed by atoms with Gasteiger partial charge in [0, 0.05) is 0 Å². The molecule has 0 aliphatic carbocycles. The van der Waals surface area contributed by atoms with Gasteiger partial charge in [-0.25, -0.2) is 0 Å². The molecule has 0 bridgehead atoms. The molecule has 4 heteroatoms. The number of rotatable bonds is 2. The molecular formula is C15H14F3N. The Morgan fingerprint density at radius 3 is 1.68 bits per heavy atom. The van der Waals surface area contributed by atoms with Gasteiger partial charge in [-0.3, -0.25) is 0 Å². The zero-order chi connectivity index (χ0) is 14.0. The van der Waals surface area contributed by atoms with Gasteiger partial charge in [0.15, 0.2) is 0 Å². The number of nitrogens with two attached hydrogens (primary N) is 1. The van der Waals surface area contributed by atoms with Crippen molar-refractivity contribution in [2.75, 3.05) is 0 Å². The lowest BCUT2D eigenvalue weighted by Crippen LogP contribution is -2.28. The summed E-state index contributed by atoms with van der Waals surface area (Å²) in [4.78, 5) is 0. The first-order valence-electron chi connectivity index (χ1n) is 5.87. The third kappa shape index (κ3) is 3.15. The molecule has 19 heavy (non-hydrogen) atoms. The normalized spacial score (nSPS) is 13.3. The van der Waals surface area contributed by atoms with E-state index in [0.717, 1.165) is 16.7 Å². The highest BCUT2D eigenvalue weighted by molar-refractivity contribution is 5.64. The summed E-state index contributed by atoms with van der Waals surface area (Å²) in [7, 11) is 0. The smallest absolute Gasteiger partial charge is 0.316 e. The highest BCUT2D eigenvalue weighted by atomic mass is 19.4. The van der Waals surface area contributed by atoms with Crippen molar-refractivity contribution >= 4 is 0 Å². The molecule has 0 saturated heterocycles. The summed E-state index contributed by atoms with van der Waals surface area (Å²) in [5.74, 6) is 0. The second kappa shape index (κ2) is 5.05. The van der Waals surface area contributed by atoms with Crippen molar-refractivity contribution in [1.29, 1.82) is 0 Å². The predicted octanol–water partition coefficient (Wildman–Crippen LogP) is 4.22. The summed E-state index contributed by atoms with van der Waals surface area (Å²) >= 11 is 0. The maximum Gasteiger partial charge on any atom is 0.407 e. The van der Waals surface area contributed by atoms with Gasteiger partial charge in [0.1, 0.15) is 6.04 Å². The molecule has 0 spiro atoms. The molecule has 2 aromatic rings. The van der Waals surface area contributed by atoms with Crippen molar-refractivity contribution in [1.82, 2.24) is 0 Å². The third-order valence-electron chi connectivity index (χ3n) is 3.01. The minimum atomic E-state index is -4.41. The Balaban J connectivity index is 2.26. The lowest BCUT2D eigenvalue weighted by molar-refractivity contribution is -0.149. The Hall–Kier alpha value is -1.81. The van der Waals surface area contributed by atoms with Gasteiger partial charge in [-0.15, -0.1) is 0 Å². The fourth-order valence-corrected chi connectivity index (χ4v) is 1.82. The Labute approximate surface area is 109 Å². The van der Waals surface area contributed by atoms with Crippen LogP contribution in [0.15, 0.2) is 48.5 Å². The van der Waals surface area contributed by atoms with E-state index in [0.29, 0.717) is 0 Å². The molecule has 0 aromatic heterocycles. The molecule has 0 heterocycles. The fraction of sp³-hybridized carbons (Fsp3) is 0.200. The molecule has 0 aliphatic heterocycles. The van der Waals surface area contributed by atoms with E-state index in [9.17, 15) is 13.2 Å². The lowest BCUT2D eigenvalue weighted by Gasteiger charge is -2.16. The summed E-state index contributed by atoms with van der Waals surface area (Å²) in [6.45, 7) is 1.98. The van der Waals surface area contributed by atoms with Gasteiger partial charge < -0.3 is 5.73 Å². The van der Waals surface area contributed by atoms with Crippen molar-refractivity contribution < 1.29 is 13.2 Å². The summed E-state index contributed by atoms with van der Waals surface area (Å²) in [5.41, 5.74) is 8.21. The number of aryl methyl sites for hydroxylation is 1. The molecule has 0 amide bonds. The number of hydrogen-bond donors (Lipinski definition) is 1. The largest absolute Gasteiger partial charge is 0.407 e. The maximum atomic E-state index is 12.5. The molecule has 100 valence electrons. The highest BCUT2D eigenvalue weighted by Crippen LogP contribution is 2.31. The number of halogens is 3. The molecule has 2 aromatic carbocycles. The first-order chi connectivity index (χ1) is 8.88. The maximum absolute atomic E-state index is 12.5. The number of alkyl halides is 3. The topological polar surface area (TPSA) is 26.0 Å². The Bertz CT molecular complexity index is 541. The molecule has 2 N–H and O–H groups in total. The van der Waals surface area contributed by atoms with E-state index in [1.54, 1.807) is 12.1 Å². The van der Waals surface area contributed by atoms with Gasteiger partial charge in [0.05, 0.1) is 0 Å². The average molecular weight is 265 g/mol. The quantitative estimate of drug-likeness (QED) is 0.864. The molecule has 1 nitrogen and oxygen atoms in total. The summed E-state index contributed by atoms with van der Waals surface area (Å²) < 4.78 is 37.4. The SMILES string of the molecule is Cc1ccc(-c2ccc([C@H](N)C(F)(F)F)cc2)cc1. The Morgan fingerprint density at radius 1 is 0.842 bits per heavy atom. The van der Waals surface area contributed by atoms with Gasteiger partial charge in [-0.05, 0) is 23.6 Å². The average Bonchev–Trinajstić information content (AvgIpc) is 2.38. The second-order valence-electron chi connectivity index (χ2n) is 4.51. The molecular weight excluding hydrogens is 251 g/mol. The van der Waals surface area contributed by atoms with Crippen molar-refractivity contribution in [3.8, 4) is 11.1 Å². The van der Waals surface area contributed by atoms with Gasteiger partial charge in [0.2, 0.25) is 0 Å². The van der Waals surface area contributed by atoms with Crippen LogP contribution in [-0.2, 0) is 0 Å². The highest BCUT2D eigenvalue weighted by Gasteiger charge is 2.37. The summed E-state index contributed by atoms with van der Waals surface area (Å²) in [5, 5.41) is 0. The van der Waals surface area contributed by atoms with E-state index in [4.69, 9.17) is 5.73 Å². The number of hydrogen-bond acceptors (Lipinski definition) is 1. The third-order valence-corrected chi connectivity index (χ3v) is 3.01. The lowest BCUT2D eigenvalue weighted by atomic mass is 10.0. The van der Waals surface area contributed by atoms with Crippen LogP contribution in [0.5, 0.6) is 0 Å². The van der Waals surface area contributed by atoms with Crippen LogP contribution in [0.4, 0.5) is 13.2 Å². The van der Waals surface area contributed by atoms with E-state index >= 15 is 0 Å². The molecule has 0 aliphatic rings. The molecule has 0 radical (unpaired) electrons. The van der Waals surface area contributed by atoms with Crippen molar-refractivity contribution in [2.45, 2.75) is 19.1 Å². The zero-order valence-electron chi connectivity index (χ0n) is 10.4. The van der Waals surface area contributed by atoms with Gasteiger partial charge in [0.25, 0.3) is 0 Å². The number of benzene rings is 2. The van der Waals surface area contributed by atoms with Crippen LogP contribution in [0.1, 0.15) is 17.2 Å². The molecule has 0 unspecified atom stereocenters. The minimum Gasteiger partial charge on any atom is -0.316 e. The van der Waals surface area contributed by atoms with Crippen LogP contribution >= 0.6 is 0 Å². The zero-order valence-corrected chi connectivity index (χ0v) is 10.4. The van der Waals surface area contributed by atoms with Crippen LogP contribution in [0, 0.1) is 6.92 Å². The standard InChI is InChI=1S/C15H14F3N/c1-10-2-4-11(5-3-10)12-6-8-13(9-7-12)14(19)15(16,17)18/h2-9,14H,19H2,1H3/t14-/m0/s1. The van der Waals surface area contributed by atoms with Crippen LogP contribution in [-0.4, -0.2) is 6.18 Å². The molecule has 0 saturated carbocycles. The van der Waals surface area contributed by atoms with Crippen LogP contribution in [0.2, 0.25) is 0 Å². The summed E-state index contributed by atoms with van der Waals surface area (Å²) in [6.07, 6.45) is -4.41. The Kier molecular flexibility index (Phi) is 3.62. The molecule has 1 atom stereocenters. The van der Waals surface area contributed by atoms with E-state index in [1.165, 1.54) is 12.1 Å². The first-order valence-corrected chi connectivity index (χ1v) is 5.87.